The van der Waals surface area contributed by atoms with E-state index in [0.29, 0.717) is 12.0 Å². The molecule has 1 aromatic heterocycles. The summed E-state index contributed by atoms with van der Waals surface area (Å²) in [6.45, 7) is 9.45. The van der Waals surface area contributed by atoms with Gasteiger partial charge in [0.1, 0.15) is 12.0 Å². The van der Waals surface area contributed by atoms with Crippen molar-refractivity contribution in [2.24, 2.45) is 10.4 Å². The zero-order valence-electron chi connectivity index (χ0n) is 16.0. The minimum atomic E-state index is 0.333. The van der Waals surface area contributed by atoms with E-state index in [2.05, 4.69) is 32.6 Å². The molecule has 1 aliphatic carbocycles. The smallest absolute Gasteiger partial charge is 0.191 e. The van der Waals surface area contributed by atoms with Crippen LogP contribution in [0.25, 0.3) is 0 Å². The molecule has 0 atom stereocenters. The predicted octanol–water partition coefficient (Wildman–Crippen LogP) is 2.01. The van der Waals surface area contributed by atoms with E-state index in [9.17, 15) is 0 Å². The lowest BCUT2D eigenvalue weighted by atomic mass is 9.73. The van der Waals surface area contributed by atoms with E-state index in [1.165, 1.54) is 32.1 Å². The lowest BCUT2D eigenvalue weighted by Crippen LogP contribution is -2.51. The Balaban J connectivity index is 1.59. The summed E-state index contributed by atoms with van der Waals surface area (Å²) in [6.07, 6.45) is 8.20. The second-order valence-corrected chi connectivity index (χ2v) is 7.49. The molecular weight excluding hydrogens is 330 g/mol. The zero-order valence-corrected chi connectivity index (χ0v) is 16.0. The fourth-order valence-electron chi connectivity index (χ4n) is 4.02. The molecule has 26 heavy (non-hydrogen) atoms. The Bertz CT molecular complexity index is 534. The van der Waals surface area contributed by atoms with Crippen molar-refractivity contribution >= 4 is 5.96 Å². The van der Waals surface area contributed by atoms with Crippen molar-refractivity contribution in [1.29, 1.82) is 0 Å². The van der Waals surface area contributed by atoms with Crippen molar-refractivity contribution in [2.45, 2.75) is 45.6 Å². The van der Waals surface area contributed by atoms with Crippen molar-refractivity contribution in [1.82, 2.24) is 20.7 Å². The summed E-state index contributed by atoms with van der Waals surface area (Å²) in [5, 5.41) is 10.9. The van der Waals surface area contributed by atoms with Gasteiger partial charge in [0.15, 0.2) is 5.96 Å². The molecule has 0 amide bonds. The van der Waals surface area contributed by atoms with Crippen LogP contribution in [0, 0.1) is 5.41 Å². The largest absolute Gasteiger partial charge is 0.379 e. The summed E-state index contributed by atoms with van der Waals surface area (Å²) in [5.41, 5.74) is 1.18. The molecule has 7 heteroatoms. The van der Waals surface area contributed by atoms with E-state index in [-0.39, 0.29) is 0 Å². The minimum absolute atomic E-state index is 0.333. The average Bonchev–Trinajstić information content (AvgIpc) is 3.19. The first kappa shape index (κ1) is 19.2. The van der Waals surface area contributed by atoms with Crippen molar-refractivity contribution in [3.8, 4) is 0 Å². The fourth-order valence-corrected chi connectivity index (χ4v) is 4.02. The first-order chi connectivity index (χ1) is 12.8. The molecule has 0 bridgehead atoms. The Hall–Kier alpha value is -1.60. The van der Waals surface area contributed by atoms with Crippen molar-refractivity contribution < 1.29 is 9.26 Å². The van der Waals surface area contributed by atoms with Gasteiger partial charge in [0, 0.05) is 44.2 Å². The fraction of sp³-hybridized carbons (Fsp3) is 0.789. The second-order valence-electron chi connectivity index (χ2n) is 7.49. The van der Waals surface area contributed by atoms with Gasteiger partial charge in [0.25, 0.3) is 0 Å². The number of aromatic nitrogens is 1. The van der Waals surface area contributed by atoms with Gasteiger partial charge in [-0.3, -0.25) is 4.90 Å². The quantitative estimate of drug-likeness (QED) is 0.570. The van der Waals surface area contributed by atoms with Crippen LogP contribution in [0.2, 0.25) is 0 Å². The van der Waals surface area contributed by atoms with Gasteiger partial charge in [-0.1, -0.05) is 24.4 Å². The third-order valence-electron chi connectivity index (χ3n) is 5.44. The number of hydrogen-bond donors (Lipinski definition) is 2. The van der Waals surface area contributed by atoms with Gasteiger partial charge in [-0.15, -0.1) is 0 Å². The lowest BCUT2D eigenvalue weighted by molar-refractivity contribution is 0.00820. The molecule has 1 aliphatic heterocycles. The maximum absolute atomic E-state index is 5.52. The molecule has 7 nitrogen and oxygen atoms in total. The molecule has 1 aromatic rings. The summed E-state index contributed by atoms with van der Waals surface area (Å²) in [7, 11) is 0. The molecule has 2 aliphatic rings. The monoisotopic (exact) mass is 363 g/mol. The molecule has 0 aromatic carbocycles. The predicted molar refractivity (Wildman–Crippen MR) is 102 cm³/mol. The van der Waals surface area contributed by atoms with Gasteiger partial charge >= 0.3 is 0 Å². The Morgan fingerprint density at radius 1 is 1.23 bits per heavy atom. The number of nitrogens with one attached hydrogen (secondary N) is 2. The normalized spacial score (nSPS) is 21.5. The van der Waals surface area contributed by atoms with E-state index in [1.54, 1.807) is 6.26 Å². The third-order valence-corrected chi connectivity index (χ3v) is 5.44. The molecule has 2 fully saturated rings. The summed E-state index contributed by atoms with van der Waals surface area (Å²) >= 11 is 0. The van der Waals surface area contributed by atoms with E-state index >= 15 is 0 Å². The summed E-state index contributed by atoms with van der Waals surface area (Å²) in [6, 6.07) is 1.86. The van der Waals surface area contributed by atoms with Crippen LogP contribution in [0.5, 0.6) is 0 Å². The lowest BCUT2D eigenvalue weighted by Gasteiger charge is -2.42. The van der Waals surface area contributed by atoms with E-state index in [1.807, 2.05) is 6.07 Å². The number of ether oxygens (including phenoxy) is 1. The summed E-state index contributed by atoms with van der Waals surface area (Å²) in [5.74, 6) is 0.863. The van der Waals surface area contributed by atoms with Crippen molar-refractivity contribution in [3.05, 3.63) is 18.0 Å². The highest BCUT2D eigenvalue weighted by Gasteiger charge is 2.34. The number of aliphatic imine (C=N–C) groups is 1. The van der Waals surface area contributed by atoms with Crippen LogP contribution in [0.4, 0.5) is 0 Å². The van der Waals surface area contributed by atoms with Crippen molar-refractivity contribution in [2.75, 3.05) is 45.9 Å². The molecule has 1 saturated heterocycles. The van der Waals surface area contributed by atoms with Crippen LogP contribution in [0.3, 0.4) is 0 Å². The molecule has 2 N–H and O–H groups in total. The van der Waals surface area contributed by atoms with Crippen LogP contribution in [0.15, 0.2) is 21.8 Å². The van der Waals surface area contributed by atoms with E-state index < -0.39 is 0 Å². The molecule has 1 saturated carbocycles. The van der Waals surface area contributed by atoms with Crippen molar-refractivity contribution in [3.63, 3.8) is 0 Å². The van der Waals surface area contributed by atoms with Crippen LogP contribution >= 0.6 is 0 Å². The summed E-state index contributed by atoms with van der Waals surface area (Å²) < 4.78 is 10.4. The van der Waals surface area contributed by atoms with Crippen LogP contribution in [0.1, 0.15) is 44.7 Å². The van der Waals surface area contributed by atoms with Gasteiger partial charge in [-0.05, 0) is 19.8 Å². The Morgan fingerprint density at radius 2 is 2.04 bits per heavy atom. The summed E-state index contributed by atoms with van der Waals surface area (Å²) in [4.78, 5) is 7.24. The number of nitrogens with zero attached hydrogens (tertiary/aromatic N) is 3. The topological polar surface area (TPSA) is 74.9 Å². The first-order valence-corrected chi connectivity index (χ1v) is 10.0. The highest BCUT2D eigenvalue weighted by molar-refractivity contribution is 5.79. The van der Waals surface area contributed by atoms with Gasteiger partial charge < -0.3 is 19.9 Å². The Morgan fingerprint density at radius 3 is 2.73 bits per heavy atom. The molecule has 0 spiro atoms. The maximum Gasteiger partial charge on any atom is 0.191 e. The molecule has 0 unspecified atom stereocenters. The highest BCUT2D eigenvalue weighted by Crippen LogP contribution is 2.36. The van der Waals surface area contributed by atoms with Gasteiger partial charge in [0.2, 0.25) is 0 Å². The first-order valence-electron chi connectivity index (χ1n) is 10.0. The number of guanidine groups is 1. The molecule has 3 rings (SSSR count). The van der Waals surface area contributed by atoms with Gasteiger partial charge in [0.05, 0.1) is 19.8 Å². The second kappa shape index (κ2) is 9.92. The number of hydrogen-bond acceptors (Lipinski definition) is 5. The van der Waals surface area contributed by atoms with Gasteiger partial charge in [-0.25, -0.2) is 4.99 Å². The Labute approximate surface area is 156 Å². The van der Waals surface area contributed by atoms with Crippen LogP contribution in [-0.4, -0.2) is 62.0 Å². The molecular formula is C19H33N5O2. The molecule has 0 radical (unpaired) electrons. The van der Waals surface area contributed by atoms with E-state index in [0.717, 1.165) is 57.6 Å². The molecule has 146 valence electrons. The number of morpholine rings is 1. The third kappa shape index (κ3) is 5.71. The maximum atomic E-state index is 5.52. The average molecular weight is 364 g/mol. The standard InChI is InChI=1S/C19H33N5O2/c1-2-20-18(21-14-17-6-11-26-23-17)22-15-19(7-4-3-5-8-19)16-24-9-12-25-13-10-24/h6,11H,2-5,7-10,12-16H2,1H3,(H2,20,21,22). The van der Waals surface area contributed by atoms with Gasteiger partial charge in [-0.2, -0.15) is 0 Å². The highest BCUT2D eigenvalue weighted by atomic mass is 16.5. The van der Waals surface area contributed by atoms with E-state index in [4.69, 9.17) is 9.26 Å². The van der Waals surface area contributed by atoms with Crippen LogP contribution in [-0.2, 0) is 11.3 Å². The Kier molecular flexibility index (Phi) is 7.32. The molecule has 2 heterocycles. The number of rotatable bonds is 7. The zero-order chi connectivity index (χ0) is 18.1. The SMILES string of the molecule is CCNC(=NCc1ccon1)NCC1(CN2CCOCC2)CCCCC1. The van der Waals surface area contributed by atoms with Crippen LogP contribution < -0.4 is 10.6 Å². The minimum Gasteiger partial charge on any atom is -0.379 e.